The molecule has 1 N–H and O–H groups in total. The standard InChI is InChI=1S/C15H17ClF4N2/c1-2-3-12(22-8-6-21-7-9-22)13-10(15(18,19)20)4-5-11(16)14(13)17/h2,4-5,12,21H,1,3,6-9H2/t12-/m0/s1. The van der Waals surface area contributed by atoms with Crippen LogP contribution < -0.4 is 5.32 Å². The summed E-state index contributed by atoms with van der Waals surface area (Å²) in [5, 5.41) is 2.83. The summed E-state index contributed by atoms with van der Waals surface area (Å²) in [6.45, 7) is 5.97. The van der Waals surface area contributed by atoms with E-state index < -0.39 is 23.6 Å². The van der Waals surface area contributed by atoms with Crippen molar-refractivity contribution in [2.75, 3.05) is 26.2 Å². The number of nitrogens with zero attached hydrogens (tertiary/aromatic N) is 1. The molecule has 0 amide bonds. The SMILES string of the molecule is C=CC[C@@H](c1c(C(F)(F)F)ccc(Cl)c1F)N1CCNCC1. The van der Waals surface area contributed by atoms with Gasteiger partial charge in [-0.3, -0.25) is 4.90 Å². The highest BCUT2D eigenvalue weighted by Gasteiger charge is 2.39. The molecule has 2 nitrogen and oxygen atoms in total. The van der Waals surface area contributed by atoms with E-state index in [0.29, 0.717) is 26.2 Å². The summed E-state index contributed by atoms with van der Waals surface area (Å²) in [5.74, 6) is -0.998. The molecule has 0 radical (unpaired) electrons. The Bertz CT molecular complexity index is 539. The Balaban J connectivity index is 2.53. The van der Waals surface area contributed by atoms with Crippen LogP contribution in [0.3, 0.4) is 0 Å². The second-order valence-electron chi connectivity index (χ2n) is 5.15. The maximum absolute atomic E-state index is 14.4. The highest BCUT2D eigenvalue weighted by molar-refractivity contribution is 6.30. The van der Waals surface area contributed by atoms with E-state index in [9.17, 15) is 17.6 Å². The number of benzene rings is 1. The average molecular weight is 337 g/mol. The van der Waals surface area contributed by atoms with E-state index in [2.05, 4.69) is 11.9 Å². The topological polar surface area (TPSA) is 15.3 Å². The lowest BCUT2D eigenvalue weighted by Gasteiger charge is -2.36. The lowest BCUT2D eigenvalue weighted by Crippen LogP contribution is -2.45. The van der Waals surface area contributed by atoms with Crippen LogP contribution in [0.5, 0.6) is 0 Å². The molecular weight excluding hydrogens is 320 g/mol. The Morgan fingerprint density at radius 2 is 1.95 bits per heavy atom. The molecule has 0 aliphatic carbocycles. The molecule has 7 heteroatoms. The Morgan fingerprint density at radius 1 is 1.32 bits per heavy atom. The zero-order chi connectivity index (χ0) is 16.3. The van der Waals surface area contributed by atoms with E-state index in [4.69, 9.17) is 11.6 Å². The first-order valence-electron chi connectivity index (χ1n) is 6.97. The van der Waals surface area contributed by atoms with E-state index >= 15 is 0 Å². The maximum Gasteiger partial charge on any atom is 0.416 e. The molecule has 22 heavy (non-hydrogen) atoms. The van der Waals surface area contributed by atoms with Crippen molar-refractivity contribution in [3.05, 3.63) is 46.8 Å². The fourth-order valence-electron chi connectivity index (χ4n) is 2.74. The summed E-state index contributed by atoms with van der Waals surface area (Å²) in [4.78, 5) is 1.84. The lowest BCUT2D eigenvalue weighted by atomic mass is 9.94. The fourth-order valence-corrected chi connectivity index (χ4v) is 2.91. The van der Waals surface area contributed by atoms with Crippen molar-refractivity contribution in [3.8, 4) is 0 Å². The molecule has 1 aliphatic heterocycles. The van der Waals surface area contributed by atoms with Gasteiger partial charge in [0.05, 0.1) is 10.6 Å². The molecule has 1 atom stereocenters. The minimum Gasteiger partial charge on any atom is -0.314 e. The highest BCUT2D eigenvalue weighted by Crippen LogP contribution is 2.41. The van der Waals surface area contributed by atoms with Gasteiger partial charge in [-0.15, -0.1) is 6.58 Å². The molecule has 2 rings (SSSR count). The Kier molecular flexibility index (Phi) is 5.47. The molecule has 1 heterocycles. The lowest BCUT2D eigenvalue weighted by molar-refractivity contribution is -0.139. The van der Waals surface area contributed by atoms with Gasteiger partial charge in [0.2, 0.25) is 0 Å². The van der Waals surface area contributed by atoms with Gasteiger partial charge in [-0.2, -0.15) is 13.2 Å². The first-order chi connectivity index (χ1) is 10.4. The minimum atomic E-state index is -4.63. The van der Waals surface area contributed by atoms with Gasteiger partial charge in [0.25, 0.3) is 0 Å². The van der Waals surface area contributed by atoms with Gasteiger partial charge in [0.15, 0.2) is 0 Å². The highest BCUT2D eigenvalue weighted by atomic mass is 35.5. The third kappa shape index (κ3) is 3.62. The third-order valence-corrected chi connectivity index (χ3v) is 4.05. The van der Waals surface area contributed by atoms with Crippen LogP contribution in [0.1, 0.15) is 23.6 Å². The first-order valence-corrected chi connectivity index (χ1v) is 7.34. The van der Waals surface area contributed by atoms with Gasteiger partial charge in [0, 0.05) is 37.8 Å². The number of alkyl halides is 3. The molecule has 1 aromatic rings. The maximum atomic E-state index is 14.4. The molecule has 0 spiro atoms. The van der Waals surface area contributed by atoms with Crippen LogP contribution in [0.15, 0.2) is 24.8 Å². The number of hydrogen-bond acceptors (Lipinski definition) is 2. The molecule has 0 aromatic heterocycles. The van der Waals surface area contributed by atoms with Gasteiger partial charge in [-0.1, -0.05) is 17.7 Å². The number of hydrogen-bond donors (Lipinski definition) is 1. The largest absolute Gasteiger partial charge is 0.416 e. The van der Waals surface area contributed by atoms with E-state index in [1.807, 2.05) is 4.90 Å². The van der Waals surface area contributed by atoms with Crippen molar-refractivity contribution < 1.29 is 17.6 Å². The number of piperazine rings is 1. The molecule has 1 saturated heterocycles. The van der Waals surface area contributed by atoms with Crippen molar-refractivity contribution in [2.24, 2.45) is 0 Å². The van der Waals surface area contributed by atoms with Gasteiger partial charge < -0.3 is 5.32 Å². The quantitative estimate of drug-likeness (QED) is 0.660. The van der Waals surface area contributed by atoms with Gasteiger partial charge in [0.1, 0.15) is 5.82 Å². The van der Waals surface area contributed by atoms with Gasteiger partial charge in [-0.25, -0.2) is 4.39 Å². The molecule has 0 unspecified atom stereocenters. The summed E-state index contributed by atoms with van der Waals surface area (Å²) >= 11 is 5.72. The normalized spacial score (nSPS) is 18.2. The smallest absolute Gasteiger partial charge is 0.314 e. The molecule has 122 valence electrons. The second kappa shape index (κ2) is 6.98. The Morgan fingerprint density at radius 3 is 2.50 bits per heavy atom. The van der Waals surface area contributed by atoms with Crippen LogP contribution in [0, 0.1) is 5.82 Å². The van der Waals surface area contributed by atoms with E-state index in [-0.39, 0.29) is 17.0 Å². The third-order valence-electron chi connectivity index (χ3n) is 3.75. The summed E-state index contributed by atoms with van der Waals surface area (Å²) in [6.07, 6.45) is -2.90. The van der Waals surface area contributed by atoms with Gasteiger partial charge >= 0.3 is 6.18 Å². The second-order valence-corrected chi connectivity index (χ2v) is 5.55. The predicted molar refractivity (Wildman–Crippen MR) is 78.4 cm³/mol. The number of nitrogens with one attached hydrogen (secondary N) is 1. The Hall–Kier alpha value is -1.11. The predicted octanol–water partition coefficient (Wildman–Crippen LogP) is 4.02. The summed E-state index contributed by atoms with van der Waals surface area (Å²) in [5.41, 5.74) is -1.36. The molecule has 0 bridgehead atoms. The zero-order valence-electron chi connectivity index (χ0n) is 11.9. The summed E-state index contributed by atoms with van der Waals surface area (Å²) in [7, 11) is 0. The van der Waals surface area contributed by atoms with Crippen LogP contribution >= 0.6 is 11.6 Å². The Labute approximate surface area is 131 Å². The molecule has 1 aromatic carbocycles. The van der Waals surface area contributed by atoms with Crippen LogP contribution in [-0.4, -0.2) is 31.1 Å². The van der Waals surface area contributed by atoms with Crippen LogP contribution in [0.2, 0.25) is 5.02 Å². The van der Waals surface area contributed by atoms with Crippen molar-refractivity contribution in [1.29, 1.82) is 0 Å². The molecule has 1 aliphatic rings. The van der Waals surface area contributed by atoms with Crippen molar-refractivity contribution in [1.82, 2.24) is 10.2 Å². The summed E-state index contributed by atoms with van der Waals surface area (Å²) in [6, 6.07) is 1.07. The van der Waals surface area contributed by atoms with Crippen LogP contribution in [-0.2, 0) is 6.18 Å². The van der Waals surface area contributed by atoms with Crippen molar-refractivity contribution in [2.45, 2.75) is 18.6 Å². The number of halogens is 5. The molecule has 0 saturated carbocycles. The molecular formula is C15H17ClF4N2. The zero-order valence-corrected chi connectivity index (χ0v) is 12.6. The van der Waals surface area contributed by atoms with E-state index in [0.717, 1.165) is 12.1 Å². The van der Waals surface area contributed by atoms with Gasteiger partial charge in [-0.05, 0) is 18.6 Å². The average Bonchev–Trinajstić information content (AvgIpc) is 2.47. The summed E-state index contributed by atoms with van der Waals surface area (Å²) < 4.78 is 54.2. The minimum absolute atomic E-state index is 0.223. The van der Waals surface area contributed by atoms with Crippen LogP contribution in [0.4, 0.5) is 17.6 Å². The fraction of sp³-hybridized carbons (Fsp3) is 0.467. The van der Waals surface area contributed by atoms with Crippen molar-refractivity contribution >= 4 is 11.6 Å². The molecule has 1 fully saturated rings. The van der Waals surface area contributed by atoms with E-state index in [1.54, 1.807) is 0 Å². The van der Waals surface area contributed by atoms with E-state index in [1.165, 1.54) is 6.08 Å². The van der Waals surface area contributed by atoms with Crippen LogP contribution in [0.25, 0.3) is 0 Å². The number of rotatable bonds is 4. The first kappa shape index (κ1) is 17.2. The monoisotopic (exact) mass is 336 g/mol. The van der Waals surface area contributed by atoms with Crippen molar-refractivity contribution in [3.63, 3.8) is 0 Å².